The number of ether oxygens (including phenoxy) is 1. The van der Waals surface area contributed by atoms with Crippen molar-refractivity contribution in [1.82, 2.24) is 15.0 Å². The second kappa shape index (κ2) is 4.60. The molecule has 2 heterocycles. The van der Waals surface area contributed by atoms with E-state index >= 15 is 0 Å². The molecule has 96 valence electrons. The normalized spacial score (nSPS) is 10.8. The zero-order valence-electron chi connectivity index (χ0n) is 9.30. The molecule has 5 nitrogen and oxygen atoms in total. The van der Waals surface area contributed by atoms with E-state index < -0.39 is 5.82 Å². The molecule has 1 aromatic carbocycles. The fourth-order valence-corrected chi connectivity index (χ4v) is 2.32. The molecule has 0 saturated carbocycles. The number of nitrogen functional groups attached to an aromatic ring is 1. The molecule has 0 amide bonds. The largest absolute Gasteiger partial charge is 0.423 e. The van der Waals surface area contributed by atoms with Gasteiger partial charge in [-0.25, -0.2) is 14.4 Å². The van der Waals surface area contributed by atoms with Gasteiger partial charge in [-0.05, 0) is 18.2 Å². The van der Waals surface area contributed by atoms with Crippen LogP contribution in [0.15, 0.2) is 24.4 Å². The van der Waals surface area contributed by atoms with Gasteiger partial charge >= 0.3 is 6.01 Å². The number of rotatable bonds is 2. The van der Waals surface area contributed by atoms with E-state index in [0.717, 1.165) is 6.07 Å². The van der Waals surface area contributed by atoms with Crippen LogP contribution in [0.5, 0.6) is 11.8 Å². The van der Waals surface area contributed by atoms with Gasteiger partial charge in [-0.3, -0.25) is 0 Å². The van der Waals surface area contributed by atoms with Crippen LogP contribution in [-0.4, -0.2) is 15.0 Å². The summed E-state index contributed by atoms with van der Waals surface area (Å²) >= 11 is 7.08. The maximum absolute atomic E-state index is 12.9. The summed E-state index contributed by atoms with van der Waals surface area (Å²) in [6.07, 6.45) is 1.50. The highest BCUT2D eigenvalue weighted by Gasteiger charge is 2.09. The number of halogens is 2. The van der Waals surface area contributed by atoms with Crippen molar-refractivity contribution in [2.45, 2.75) is 0 Å². The molecule has 0 atom stereocenters. The van der Waals surface area contributed by atoms with E-state index in [1.807, 2.05) is 0 Å². The molecule has 0 bridgehead atoms. The Labute approximate surface area is 115 Å². The van der Waals surface area contributed by atoms with Crippen LogP contribution in [0.25, 0.3) is 10.3 Å². The molecule has 8 heteroatoms. The van der Waals surface area contributed by atoms with Gasteiger partial charge in [0.2, 0.25) is 0 Å². The molecular formula is C11H6ClFN4OS. The van der Waals surface area contributed by atoms with Crippen LogP contribution >= 0.6 is 22.9 Å². The van der Waals surface area contributed by atoms with Crippen LogP contribution in [0.2, 0.25) is 5.02 Å². The first-order chi connectivity index (χ1) is 9.11. The fourth-order valence-electron chi connectivity index (χ4n) is 1.44. The third kappa shape index (κ3) is 2.42. The first kappa shape index (κ1) is 12.1. The van der Waals surface area contributed by atoms with Crippen LogP contribution < -0.4 is 10.5 Å². The molecule has 2 aromatic heterocycles. The van der Waals surface area contributed by atoms with Crippen molar-refractivity contribution in [3.8, 4) is 11.8 Å². The number of hydrogen-bond donors (Lipinski definition) is 1. The van der Waals surface area contributed by atoms with Crippen molar-refractivity contribution in [2.75, 3.05) is 5.73 Å². The van der Waals surface area contributed by atoms with Crippen molar-refractivity contribution < 1.29 is 9.13 Å². The van der Waals surface area contributed by atoms with Crippen LogP contribution in [0, 0.1) is 5.82 Å². The topological polar surface area (TPSA) is 73.9 Å². The number of nitrogens with two attached hydrogens (primary N) is 1. The van der Waals surface area contributed by atoms with Gasteiger partial charge in [0.05, 0.1) is 11.2 Å². The number of benzene rings is 1. The van der Waals surface area contributed by atoms with E-state index in [4.69, 9.17) is 22.1 Å². The molecule has 2 N–H and O–H groups in total. The highest BCUT2D eigenvalue weighted by Crippen LogP contribution is 2.29. The molecular weight excluding hydrogens is 291 g/mol. The maximum Gasteiger partial charge on any atom is 0.323 e. The summed E-state index contributed by atoms with van der Waals surface area (Å²) in [7, 11) is 0. The van der Waals surface area contributed by atoms with Crippen LogP contribution in [0.1, 0.15) is 0 Å². The number of fused-ring (bicyclic) bond motifs is 1. The van der Waals surface area contributed by atoms with Gasteiger partial charge in [0.15, 0.2) is 9.96 Å². The summed E-state index contributed by atoms with van der Waals surface area (Å²) in [5, 5.41) is 0.550. The number of aromatic nitrogens is 3. The van der Waals surface area contributed by atoms with Gasteiger partial charge in [-0.1, -0.05) is 22.9 Å². The molecule has 0 fully saturated rings. The second-order valence-corrected chi connectivity index (χ2v) is 4.99. The van der Waals surface area contributed by atoms with Gasteiger partial charge in [-0.15, -0.1) is 0 Å². The summed E-state index contributed by atoms with van der Waals surface area (Å²) in [6, 6.07) is 3.90. The van der Waals surface area contributed by atoms with Crippen molar-refractivity contribution in [1.29, 1.82) is 0 Å². The molecule has 0 aliphatic carbocycles. The third-order valence-electron chi connectivity index (χ3n) is 2.24. The zero-order chi connectivity index (χ0) is 13.4. The predicted molar refractivity (Wildman–Crippen MR) is 71.1 cm³/mol. The first-order valence-corrected chi connectivity index (χ1v) is 6.33. The molecule has 0 spiro atoms. The van der Waals surface area contributed by atoms with Crippen LogP contribution in [-0.2, 0) is 0 Å². The summed E-state index contributed by atoms with van der Waals surface area (Å²) in [5.41, 5.74) is 6.17. The Bertz CT molecular complexity index is 764. The van der Waals surface area contributed by atoms with Gasteiger partial charge in [0, 0.05) is 0 Å². The maximum atomic E-state index is 12.9. The lowest BCUT2D eigenvalue weighted by Crippen LogP contribution is -1.92. The lowest BCUT2D eigenvalue weighted by Gasteiger charge is -2.04. The third-order valence-corrected chi connectivity index (χ3v) is 3.33. The summed E-state index contributed by atoms with van der Waals surface area (Å²) in [5.74, 6) is -0.163. The lowest BCUT2D eigenvalue weighted by molar-refractivity contribution is 0.443. The number of thiazole rings is 1. The van der Waals surface area contributed by atoms with Crippen LogP contribution in [0.4, 0.5) is 9.52 Å². The molecule has 0 aliphatic heterocycles. The van der Waals surface area contributed by atoms with Gasteiger partial charge < -0.3 is 10.5 Å². The second-order valence-electron chi connectivity index (χ2n) is 3.57. The smallest absolute Gasteiger partial charge is 0.323 e. The van der Waals surface area contributed by atoms with E-state index in [1.165, 1.54) is 29.7 Å². The Kier molecular flexibility index (Phi) is 2.92. The Balaban J connectivity index is 1.96. The molecule has 3 aromatic rings. The monoisotopic (exact) mass is 296 g/mol. The van der Waals surface area contributed by atoms with Gasteiger partial charge in [0.25, 0.3) is 0 Å². The average molecular weight is 297 g/mol. The fraction of sp³-hybridized carbons (Fsp3) is 0. The Morgan fingerprint density at radius 2 is 2.16 bits per heavy atom. The molecule has 0 saturated heterocycles. The number of nitrogens with zero attached hydrogens (tertiary/aromatic N) is 3. The summed E-state index contributed by atoms with van der Waals surface area (Å²) in [4.78, 5) is 12.8. The average Bonchev–Trinajstić information content (AvgIpc) is 2.72. The zero-order valence-corrected chi connectivity index (χ0v) is 10.9. The first-order valence-electron chi connectivity index (χ1n) is 5.14. The molecule has 3 rings (SSSR count). The summed E-state index contributed by atoms with van der Waals surface area (Å²) in [6.45, 7) is 0. The van der Waals surface area contributed by atoms with Crippen molar-refractivity contribution >= 4 is 38.4 Å². The Morgan fingerprint density at radius 1 is 1.32 bits per heavy atom. The quantitative estimate of drug-likeness (QED) is 0.785. The van der Waals surface area contributed by atoms with E-state index in [0.29, 0.717) is 15.5 Å². The minimum absolute atomic E-state index is 0.102. The van der Waals surface area contributed by atoms with Crippen molar-refractivity contribution in [3.63, 3.8) is 0 Å². The van der Waals surface area contributed by atoms with Gasteiger partial charge in [-0.2, -0.15) is 4.98 Å². The van der Waals surface area contributed by atoms with E-state index in [2.05, 4.69) is 15.0 Å². The Hall–Kier alpha value is -1.99. The predicted octanol–water partition coefficient (Wildman–Crippen LogP) is 3.25. The highest BCUT2D eigenvalue weighted by molar-refractivity contribution is 7.21. The van der Waals surface area contributed by atoms with Gasteiger partial charge in [0.1, 0.15) is 17.1 Å². The molecule has 0 aliphatic rings. The lowest BCUT2D eigenvalue weighted by atomic mass is 10.3. The van der Waals surface area contributed by atoms with Crippen LogP contribution in [0.3, 0.4) is 0 Å². The minimum atomic E-state index is -0.441. The van der Waals surface area contributed by atoms with E-state index in [9.17, 15) is 4.39 Å². The van der Waals surface area contributed by atoms with E-state index in [-0.39, 0.29) is 16.8 Å². The minimum Gasteiger partial charge on any atom is -0.423 e. The highest BCUT2D eigenvalue weighted by atomic mass is 35.5. The summed E-state index contributed by atoms with van der Waals surface area (Å²) < 4.78 is 18.3. The SMILES string of the molecule is Nc1nc2cnc(Oc3ccc(F)cc3Cl)nc2s1. The van der Waals surface area contributed by atoms with E-state index in [1.54, 1.807) is 0 Å². The molecule has 0 unspecified atom stereocenters. The molecule has 0 radical (unpaired) electrons. The number of anilines is 1. The van der Waals surface area contributed by atoms with Crippen molar-refractivity contribution in [3.05, 3.63) is 35.2 Å². The standard InChI is InChI=1S/C11H6ClFN4OS/c12-6-3-5(13)1-2-8(6)18-11-15-4-7-9(17-11)19-10(14)16-7/h1-4H,(H2,14,16). The van der Waals surface area contributed by atoms with Crippen molar-refractivity contribution in [2.24, 2.45) is 0 Å². The number of hydrogen-bond acceptors (Lipinski definition) is 6. The molecule has 19 heavy (non-hydrogen) atoms. The Morgan fingerprint density at radius 3 is 2.95 bits per heavy atom.